The third-order valence-corrected chi connectivity index (χ3v) is 4.02. The Kier molecular flexibility index (Phi) is 6.85. The number of amides is 1. The first-order valence-corrected chi connectivity index (χ1v) is 8.63. The predicted molar refractivity (Wildman–Crippen MR) is 98.1 cm³/mol. The fraction of sp³-hybridized carbons (Fsp3) is 0.278. The van der Waals surface area contributed by atoms with Gasteiger partial charge in [0, 0.05) is 23.2 Å². The Morgan fingerprint density at radius 3 is 2.57 bits per heavy atom. The molecule has 10 heteroatoms. The van der Waals surface area contributed by atoms with Crippen LogP contribution >= 0.6 is 11.6 Å². The van der Waals surface area contributed by atoms with Crippen LogP contribution in [0.5, 0.6) is 5.75 Å². The lowest BCUT2D eigenvalue weighted by molar-refractivity contribution is -0.385. The number of ether oxygens (including phenoxy) is 1. The summed E-state index contributed by atoms with van der Waals surface area (Å²) >= 11 is 5.53. The Balaban J connectivity index is 2.25. The van der Waals surface area contributed by atoms with E-state index >= 15 is 0 Å². The van der Waals surface area contributed by atoms with Crippen molar-refractivity contribution in [3.8, 4) is 5.75 Å². The average Bonchev–Trinajstić information content (AvgIpc) is 2.62. The van der Waals surface area contributed by atoms with Gasteiger partial charge in [0.15, 0.2) is 5.75 Å². The Morgan fingerprint density at radius 2 is 1.96 bits per heavy atom. The minimum Gasteiger partial charge on any atom is -0.487 e. The maximum Gasteiger partial charge on any atom is 0.416 e. The second-order valence-corrected chi connectivity index (χ2v) is 6.19. The number of carbonyl (C=O) groups excluding carboxylic acids is 1. The van der Waals surface area contributed by atoms with E-state index in [4.69, 9.17) is 16.3 Å². The summed E-state index contributed by atoms with van der Waals surface area (Å²) in [6, 6.07) is 6.92. The van der Waals surface area contributed by atoms with Gasteiger partial charge in [-0.3, -0.25) is 14.9 Å². The van der Waals surface area contributed by atoms with E-state index in [9.17, 15) is 28.1 Å². The molecule has 6 nitrogen and oxygen atoms in total. The highest BCUT2D eigenvalue weighted by Crippen LogP contribution is 2.34. The number of rotatable bonds is 7. The summed E-state index contributed by atoms with van der Waals surface area (Å²) in [6.45, 7) is 1.47. The number of nitro benzene ring substituents is 1. The highest BCUT2D eigenvalue weighted by Gasteiger charge is 2.32. The zero-order valence-electron chi connectivity index (χ0n) is 14.7. The van der Waals surface area contributed by atoms with Crippen LogP contribution in [0.25, 0.3) is 0 Å². The van der Waals surface area contributed by atoms with Crippen molar-refractivity contribution in [2.45, 2.75) is 19.5 Å². The number of hydrogen-bond acceptors (Lipinski definition) is 4. The number of nitrogens with zero attached hydrogens (tertiary/aromatic N) is 1. The molecule has 0 spiro atoms. The van der Waals surface area contributed by atoms with E-state index in [0.717, 1.165) is 12.1 Å². The Morgan fingerprint density at radius 1 is 1.25 bits per heavy atom. The first-order valence-electron chi connectivity index (χ1n) is 8.10. The van der Waals surface area contributed by atoms with Gasteiger partial charge in [0.05, 0.1) is 17.1 Å². The van der Waals surface area contributed by atoms with Gasteiger partial charge in [-0.1, -0.05) is 6.07 Å². The number of hydrogen-bond donors (Lipinski definition) is 1. The molecule has 1 amide bonds. The summed E-state index contributed by atoms with van der Waals surface area (Å²) < 4.78 is 44.3. The lowest BCUT2D eigenvalue weighted by atomic mass is 10.1. The number of benzene rings is 2. The molecule has 2 rings (SSSR count). The molecule has 0 atom stereocenters. The van der Waals surface area contributed by atoms with Gasteiger partial charge in [-0.05, 0) is 43.2 Å². The molecule has 0 bridgehead atoms. The molecule has 28 heavy (non-hydrogen) atoms. The van der Waals surface area contributed by atoms with Crippen molar-refractivity contribution in [1.29, 1.82) is 0 Å². The Hall–Kier alpha value is -2.81. The van der Waals surface area contributed by atoms with Gasteiger partial charge in [0.2, 0.25) is 0 Å². The first-order chi connectivity index (χ1) is 13.1. The molecule has 0 aromatic heterocycles. The number of alkyl halides is 4. The molecule has 0 saturated carbocycles. The molecule has 0 radical (unpaired) electrons. The Bertz CT molecular complexity index is 888. The molecule has 2 aromatic rings. The van der Waals surface area contributed by atoms with Crippen LogP contribution in [-0.4, -0.2) is 23.3 Å². The largest absolute Gasteiger partial charge is 0.487 e. The quantitative estimate of drug-likeness (QED) is 0.292. The Labute approximate surface area is 163 Å². The summed E-state index contributed by atoms with van der Waals surface area (Å²) in [5, 5.41) is 13.5. The smallest absolute Gasteiger partial charge is 0.416 e. The average molecular weight is 417 g/mol. The van der Waals surface area contributed by atoms with Gasteiger partial charge in [-0.25, -0.2) is 0 Å². The second kappa shape index (κ2) is 8.92. The van der Waals surface area contributed by atoms with E-state index in [2.05, 4.69) is 5.32 Å². The lowest BCUT2D eigenvalue weighted by Gasteiger charge is -2.13. The van der Waals surface area contributed by atoms with Crippen LogP contribution in [0.15, 0.2) is 36.4 Å². The molecule has 0 unspecified atom stereocenters. The van der Waals surface area contributed by atoms with Crippen LogP contribution in [0.2, 0.25) is 0 Å². The lowest BCUT2D eigenvalue weighted by Crippen LogP contribution is -2.14. The molecular formula is C18H16ClF3N2O4. The minimum atomic E-state index is -4.56. The van der Waals surface area contributed by atoms with Crippen LogP contribution in [0, 0.1) is 17.0 Å². The number of aryl methyl sites for hydroxylation is 1. The third-order valence-electron chi connectivity index (χ3n) is 3.75. The molecule has 2 aromatic carbocycles. The summed E-state index contributed by atoms with van der Waals surface area (Å²) in [5.41, 5.74) is -1.46. The van der Waals surface area contributed by atoms with Crippen LogP contribution in [-0.2, 0) is 6.18 Å². The molecule has 150 valence electrons. The van der Waals surface area contributed by atoms with Crippen molar-refractivity contribution in [2.75, 3.05) is 17.8 Å². The van der Waals surface area contributed by atoms with Crippen molar-refractivity contribution >= 4 is 28.9 Å². The molecular weight excluding hydrogens is 401 g/mol. The molecule has 1 N–H and O–H groups in total. The fourth-order valence-corrected chi connectivity index (χ4v) is 2.48. The molecule has 0 aliphatic rings. The zero-order valence-corrected chi connectivity index (χ0v) is 15.4. The van der Waals surface area contributed by atoms with Crippen molar-refractivity contribution in [3.63, 3.8) is 0 Å². The minimum absolute atomic E-state index is 0.0135. The number of nitrogens with one attached hydrogen (secondary N) is 1. The second-order valence-electron chi connectivity index (χ2n) is 5.81. The van der Waals surface area contributed by atoms with Gasteiger partial charge in [-0.2, -0.15) is 13.2 Å². The van der Waals surface area contributed by atoms with Crippen molar-refractivity contribution in [2.24, 2.45) is 0 Å². The number of carbonyl (C=O) groups is 1. The normalized spacial score (nSPS) is 11.2. The van der Waals surface area contributed by atoms with Gasteiger partial charge < -0.3 is 10.1 Å². The molecule has 0 aliphatic heterocycles. The van der Waals surface area contributed by atoms with Crippen molar-refractivity contribution in [1.82, 2.24) is 0 Å². The van der Waals surface area contributed by atoms with Crippen LogP contribution in [0.4, 0.5) is 24.5 Å². The van der Waals surface area contributed by atoms with Gasteiger partial charge >= 0.3 is 11.9 Å². The number of nitro groups is 1. The maximum atomic E-state index is 13.0. The third kappa shape index (κ3) is 5.35. The van der Waals surface area contributed by atoms with Crippen molar-refractivity contribution < 1.29 is 27.6 Å². The molecule has 0 saturated heterocycles. The standard InChI is InChI=1S/C18H16ClF3N2O4/c1-11-3-5-13(10-14(11)18(20,21)22)23-17(25)12-4-6-16(28-8-2-7-19)15(9-12)24(26)27/h3-6,9-10H,2,7-8H2,1H3,(H,23,25). The highest BCUT2D eigenvalue weighted by atomic mass is 35.5. The summed E-state index contributed by atoms with van der Waals surface area (Å²) in [7, 11) is 0. The summed E-state index contributed by atoms with van der Waals surface area (Å²) in [4.78, 5) is 22.8. The summed E-state index contributed by atoms with van der Waals surface area (Å²) in [6.07, 6.45) is -4.08. The SMILES string of the molecule is Cc1ccc(NC(=O)c2ccc(OCCCCl)c([N+](=O)[O-])c2)cc1C(F)(F)F. The monoisotopic (exact) mass is 416 g/mol. The topological polar surface area (TPSA) is 81.5 Å². The number of anilines is 1. The van der Waals surface area contributed by atoms with E-state index in [0.29, 0.717) is 12.3 Å². The van der Waals surface area contributed by atoms with E-state index < -0.39 is 28.3 Å². The number of halogens is 4. The van der Waals surface area contributed by atoms with E-state index in [1.807, 2.05) is 0 Å². The fourth-order valence-electron chi connectivity index (χ4n) is 2.37. The van der Waals surface area contributed by atoms with Gasteiger partial charge in [0.25, 0.3) is 5.91 Å². The first kappa shape index (κ1) is 21.5. The maximum absolute atomic E-state index is 13.0. The van der Waals surface area contributed by atoms with Gasteiger partial charge in [0.1, 0.15) is 0 Å². The van der Waals surface area contributed by atoms with E-state index in [1.165, 1.54) is 31.2 Å². The summed E-state index contributed by atoms with van der Waals surface area (Å²) in [5.74, 6) is -0.487. The van der Waals surface area contributed by atoms with E-state index in [-0.39, 0.29) is 29.2 Å². The van der Waals surface area contributed by atoms with Crippen molar-refractivity contribution in [3.05, 3.63) is 63.2 Å². The molecule has 0 aliphatic carbocycles. The van der Waals surface area contributed by atoms with E-state index in [1.54, 1.807) is 0 Å². The van der Waals surface area contributed by atoms with Crippen LogP contribution in [0.1, 0.15) is 27.9 Å². The van der Waals surface area contributed by atoms with Crippen LogP contribution in [0.3, 0.4) is 0 Å². The predicted octanol–water partition coefficient (Wildman–Crippen LogP) is 5.18. The molecule has 0 fully saturated rings. The molecule has 0 heterocycles. The zero-order chi connectivity index (χ0) is 20.9. The van der Waals surface area contributed by atoms with Gasteiger partial charge in [-0.15, -0.1) is 11.6 Å². The van der Waals surface area contributed by atoms with Crippen LogP contribution < -0.4 is 10.1 Å². The highest BCUT2D eigenvalue weighted by molar-refractivity contribution is 6.17.